The number of hydrogen-bond donors (Lipinski definition) is 3. The second-order valence-corrected chi connectivity index (χ2v) is 8.77. The van der Waals surface area contributed by atoms with E-state index in [2.05, 4.69) is 10.1 Å². The second kappa shape index (κ2) is 9.07. The summed E-state index contributed by atoms with van der Waals surface area (Å²) >= 11 is 0. The predicted octanol–water partition coefficient (Wildman–Crippen LogP) is 3.40. The average Bonchev–Trinajstić information content (AvgIpc) is 3.17. The van der Waals surface area contributed by atoms with Crippen molar-refractivity contribution in [3.8, 4) is 23.0 Å². The number of rotatable bonds is 7. The third kappa shape index (κ3) is 5.78. The lowest BCUT2D eigenvalue weighted by atomic mass is 10.1. The van der Waals surface area contributed by atoms with Gasteiger partial charge in [-0.15, -0.1) is 0 Å². The molecule has 9 nitrogen and oxygen atoms in total. The lowest BCUT2D eigenvalue weighted by Gasteiger charge is -2.06. The van der Waals surface area contributed by atoms with Gasteiger partial charge in [0.1, 0.15) is 22.9 Å². The largest absolute Gasteiger partial charge is 0.439 e. The summed E-state index contributed by atoms with van der Waals surface area (Å²) in [5, 5.41) is 4.01. The van der Waals surface area contributed by atoms with E-state index in [-0.39, 0.29) is 17.4 Å². The molecule has 0 spiro atoms. The number of anilines is 1. The molecule has 0 aliphatic rings. The molecule has 0 atom stereocenters. The van der Waals surface area contributed by atoms with Gasteiger partial charge in [-0.3, -0.25) is 10.3 Å². The fraction of sp³-hybridized carbons (Fsp3) is 0.0952. The minimum Gasteiger partial charge on any atom is -0.439 e. The topological polar surface area (TPSA) is 136 Å². The summed E-state index contributed by atoms with van der Waals surface area (Å²) in [6.07, 6.45) is 2.80. The Morgan fingerprint density at radius 3 is 2.55 bits per heavy atom. The van der Waals surface area contributed by atoms with E-state index in [1.54, 1.807) is 30.3 Å². The van der Waals surface area contributed by atoms with Gasteiger partial charge in [0.25, 0.3) is 5.82 Å². The van der Waals surface area contributed by atoms with Gasteiger partial charge in [0.2, 0.25) is 5.88 Å². The van der Waals surface area contributed by atoms with Crippen LogP contribution >= 0.6 is 7.60 Å². The first-order chi connectivity index (χ1) is 15.7. The van der Waals surface area contributed by atoms with E-state index in [9.17, 15) is 23.1 Å². The quantitative estimate of drug-likeness (QED) is 0.273. The van der Waals surface area contributed by atoms with Crippen LogP contribution in [0.4, 0.5) is 14.6 Å². The molecule has 0 unspecified atom stereocenters. The SMILES string of the molecule is Nc1c(-c2cc(Cc3ccc(Oc4cc(F)cc(F)c4)nc3)no2)ccc[n+]1CP(=O)(O)O. The zero-order valence-electron chi connectivity index (χ0n) is 16.9. The summed E-state index contributed by atoms with van der Waals surface area (Å²) < 4.78 is 49.8. The van der Waals surface area contributed by atoms with Crippen molar-refractivity contribution in [1.82, 2.24) is 10.1 Å². The molecule has 12 heteroatoms. The van der Waals surface area contributed by atoms with Gasteiger partial charge >= 0.3 is 7.60 Å². The van der Waals surface area contributed by atoms with Crippen LogP contribution in [0.5, 0.6) is 11.6 Å². The van der Waals surface area contributed by atoms with Crippen molar-refractivity contribution < 1.29 is 37.0 Å². The molecule has 1 aromatic carbocycles. The van der Waals surface area contributed by atoms with Crippen LogP contribution in [-0.4, -0.2) is 19.9 Å². The van der Waals surface area contributed by atoms with Gasteiger partial charge in [-0.1, -0.05) is 11.2 Å². The summed E-state index contributed by atoms with van der Waals surface area (Å²) in [4.78, 5) is 22.5. The van der Waals surface area contributed by atoms with Crippen molar-refractivity contribution >= 4 is 13.4 Å². The number of nitrogens with zero attached hydrogens (tertiary/aromatic N) is 3. The number of nitrogen functional groups attached to an aromatic ring is 1. The van der Waals surface area contributed by atoms with E-state index < -0.39 is 25.5 Å². The van der Waals surface area contributed by atoms with Crippen molar-refractivity contribution in [3.05, 3.63) is 83.8 Å². The fourth-order valence-electron chi connectivity index (χ4n) is 3.11. The Hall–Kier alpha value is -3.66. The Balaban J connectivity index is 1.47. The molecule has 3 heterocycles. The zero-order chi connectivity index (χ0) is 23.6. The highest BCUT2D eigenvalue weighted by Gasteiger charge is 2.23. The van der Waals surface area contributed by atoms with E-state index in [1.807, 2.05) is 0 Å². The molecule has 0 aliphatic carbocycles. The van der Waals surface area contributed by atoms with Crippen LogP contribution in [0.15, 0.2) is 65.4 Å². The van der Waals surface area contributed by atoms with Crippen LogP contribution in [0.3, 0.4) is 0 Å². The van der Waals surface area contributed by atoms with Crippen LogP contribution < -0.4 is 15.0 Å². The number of ether oxygens (including phenoxy) is 1. The Bertz CT molecular complexity index is 1320. The maximum Gasteiger partial charge on any atom is 0.366 e. The molecule has 0 aliphatic heterocycles. The third-order valence-electron chi connectivity index (χ3n) is 4.52. The van der Waals surface area contributed by atoms with Crippen molar-refractivity contribution in [3.63, 3.8) is 0 Å². The molecule has 0 saturated carbocycles. The first kappa shape index (κ1) is 22.5. The van der Waals surface area contributed by atoms with Crippen LogP contribution in [0, 0.1) is 11.6 Å². The smallest absolute Gasteiger partial charge is 0.366 e. The van der Waals surface area contributed by atoms with Crippen molar-refractivity contribution in [2.45, 2.75) is 12.7 Å². The molecule has 3 aromatic heterocycles. The van der Waals surface area contributed by atoms with Crippen molar-refractivity contribution in [2.75, 3.05) is 5.73 Å². The normalized spacial score (nSPS) is 11.5. The number of nitrogens with two attached hydrogens (primary N) is 1. The maximum atomic E-state index is 13.3. The van der Waals surface area contributed by atoms with Gasteiger partial charge < -0.3 is 19.0 Å². The number of aromatic nitrogens is 3. The van der Waals surface area contributed by atoms with E-state index >= 15 is 0 Å². The summed E-state index contributed by atoms with van der Waals surface area (Å²) in [5.41, 5.74) is 7.82. The zero-order valence-corrected chi connectivity index (χ0v) is 17.8. The maximum absolute atomic E-state index is 13.3. The van der Waals surface area contributed by atoms with E-state index in [1.165, 1.54) is 17.0 Å². The van der Waals surface area contributed by atoms with Crippen LogP contribution in [0.2, 0.25) is 0 Å². The highest BCUT2D eigenvalue weighted by molar-refractivity contribution is 7.50. The predicted molar refractivity (Wildman–Crippen MR) is 112 cm³/mol. The lowest BCUT2D eigenvalue weighted by molar-refractivity contribution is -0.665. The molecule has 0 radical (unpaired) electrons. The highest BCUT2D eigenvalue weighted by Crippen LogP contribution is 2.35. The molecular formula is C21H18F2N4O5P+. The minimum absolute atomic E-state index is 0.00895. The lowest BCUT2D eigenvalue weighted by Crippen LogP contribution is -2.37. The first-order valence-electron chi connectivity index (χ1n) is 9.54. The second-order valence-electron chi connectivity index (χ2n) is 7.15. The third-order valence-corrected chi connectivity index (χ3v) is 5.19. The van der Waals surface area contributed by atoms with Gasteiger partial charge in [0.15, 0.2) is 12.0 Å². The van der Waals surface area contributed by atoms with Crippen molar-refractivity contribution in [2.24, 2.45) is 0 Å². The van der Waals surface area contributed by atoms with E-state index in [4.69, 9.17) is 15.0 Å². The Morgan fingerprint density at radius 1 is 1.12 bits per heavy atom. The summed E-state index contributed by atoms with van der Waals surface area (Å²) in [6, 6.07) is 11.0. The molecule has 4 N–H and O–H groups in total. The standard InChI is InChI=1S/C21H17F2N4O5P/c22-14-7-15(23)9-17(8-14)31-20-4-3-13(11-25-20)6-16-10-19(32-26-16)18-2-1-5-27(21(18)24)12-33(28,29)30/h1-5,7-11,24H,6,12H2,(H2,28,29,30)/p+1. The van der Waals surface area contributed by atoms with Gasteiger partial charge in [-0.05, 0) is 17.7 Å². The molecule has 4 rings (SSSR count). The summed E-state index contributed by atoms with van der Waals surface area (Å²) in [6.45, 7) is 0. The van der Waals surface area contributed by atoms with Crippen LogP contribution in [0.1, 0.15) is 11.3 Å². The van der Waals surface area contributed by atoms with Crippen LogP contribution in [0.25, 0.3) is 11.3 Å². The summed E-state index contributed by atoms with van der Waals surface area (Å²) in [5.74, 6) is -0.893. The molecular weight excluding hydrogens is 457 g/mol. The minimum atomic E-state index is -4.32. The average molecular weight is 475 g/mol. The molecule has 0 fully saturated rings. The highest BCUT2D eigenvalue weighted by atomic mass is 31.2. The van der Waals surface area contributed by atoms with Gasteiger partial charge in [0, 0.05) is 42.9 Å². The number of pyridine rings is 2. The molecule has 4 aromatic rings. The Labute approximate surface area is 186 Å². The van der Waals surface area contributed by atoms with Crippen LogP contribution in [-0.2, 0) is 17.3 Å². The molecule has 0 bridgehead atoms. The molecule has 170 valence electrons. The first-order valence-corrected chi connectivity index (χ1v) is 11.3. The van der Waals surface area contributed by atoms with Gasteiger partial charge in [0.05, 0.1) is 11.9 Å². The number of benzene rings is 1. The van der Waals surface area contributed by atoms with Gasteiger partial charge in [-0.2, -0.15) is 0 Å². The van der Waals surface area contributed by atoms with Crippen molar-refractivity contribution in [1.29, 1.82) is 0 Å². The Kier molecular flexibility index (Phi) is 6.19. The Morgan fingerprint density at radius 2 is 1.88 bits per heavy atom. The number of hydrogen-bond acceptors (Lipinski definition) is 6. The monoisotopic (exact) mass is 475 g/mol. The van der Waals surface area contributed by atoms with Gasteiger partial charge in [-0.25, -0.2) is 18.3 Å². The summed E-state index contributed by atoms with van der Waals surface area (Å²) in [7, 11) is -4.32. The molecule has 0 amide bonds. The van der Waals surface area contributed by atoms with E-state index in [0.29, 0.717) is 23.4 Å². The van der Waals surface area contributed by atoms with E-state index in [0.717, 1.165) is 23.8 Å². The number of halogens is 2. The fourth-order valence-corrected chi connectivity index (χ4v) is 3.75. The molecule has 0 saturated heterocycles. The molecule has 33 heavy (non-hydrogen) atoms.